The highest BCUT2D eigenvalue weighted by atomic mass is 16.2. The third kappa shape index (κ3) is 3.71. The second-order valence-corrected chi connectivity index (χ2v) is 5.56. The van der Waals surface area contributed by atoms with Crippen LogP contribution in [0.4, 0.5) is 0 Å². The number of hydrogen-bond acceptors (Lipinski definition) is 4. The van der Waals surface area contributed by atoms with Gasteiger partial charge in [0.15, 0.2) is 0 Å². The molecule has 5 nitrogen and oxygen atoms in total. The average Bonchev–Trinajstić information content (AvgIpc) is 3.23. The molecule has 1 aliphatic carbocycles. The summed E-state index contributed by atoms with van der Waals surface area (Å²) in [6.07, 6.45) is 5.81. The third-order valence-corrected chi connectivity index (χ3v) is 3.95. The minimum Gasteiger partial charge on any atom is -0.387 e. The highest BCUT2D eigenvalue weighted by molar-refractivity contribution is 5.97. The van der Waals surface area contributed by atoms with Gasteiger partial charge in [0.2, 0.25) is 0 Å². The molecule has 0 spiro atoms. The van der Waals surface area contributed by atoms with Crippen LogP contribution in [0.1, 0.15) is 25.7 Å². The number of piperidine rings is 1. The molecule has 5 heteroatoms. The largest absolute Gasteiger partial charge is 0.387 e. The molecule has 2 rings (SSSR count). The van der Waals surface area contributed by atoms with Crippen LogP contribution in [0.15, 0.2) is 11.8 Å². The molecule has 0 aromatic carbocycles. The minimum atomic E-state index is -0.162. The maximum atomic E-state index is 12.3. The summed E-state index contributed by atoms with van der Waals surface area (Å²) >= 11 is 0. The lowest BCUT2D eigenvalue weighted by atomic mass is 10.0. The lowest BCUT2D eigenvalue weighted by Crippen LogP contribution is -2.45. The molecule has 1 saturated heterocycles. The Labute approximate surface area is 114 Å². The van der Waals surface area contributed by atoms with E-state index in [9.17, 15) is 4.79 Å². The summed E-state index contributed by atoms with van der Waals surface area (Å²) in [6, 6.07) is 2.72. The van der Waals surface area contributed by atoms with E-state index in [4.69, 9.17) is 5.26 Å². The fourth-order valence-corrected chi connectivity index (χ4v) is 2.33. The van der Waals surface area contributed by atoms with Crippen LogP contribution in [-0.2, 0) is 4.79 Å². The Morgan fingerprint density at radius 1 is 1.37 bits per heavy atom. The monoisotopic (exact) mass is 262 g/mol. The van der Waals surface area contributed by atoms with Crippen molar-refractivity contribution in [2.45, 2.75) is 37.8 Å². The minimum absolute atomic E-state index is 0.162. The van der Waals surface area contributed by atoms with Gasteiger partial charge in [0.1, 0.15) is 11.6 Å². The summed E-state index contributed by atoms with van der Waals surface area (Å²) in [7, 11) is 3.90. The van der Waals surface area contributed by atoms with Gasteiger partial charge in [-0.1, -0.05) is 0 Å². The average molecular weight is 262 g/mol. The molecule has 2 fully saturated rings. The van der Waals surface area contributed by atoms with Crippen LogP contribution in [0.2, 0.25) is 0 Å². The van der Waals surface area contributed by atoms with Gasteiger partial charge in [-0.2, -0.15) is 5.26 Å². The van der Waals surface area contributed by atoms with Gasteiger partial charge in [0.05, 0.1) is 0 Å². The Balaban J connectivity index is 1.92. The van der Waals surface area contributed by atoms with Crippen molar-refractivity contribution in [3.63, 3.8) is 0 Å². The number of carbonyl (C=O) groups excluding carboxylic acids is 1. The molecule has 0 aromatic heterocycles. The van der Waals surface area contributed by atoms with Crippen LogP contribution >= 0.6 is 0 Å². The molecular weight excluding hydrogens is 240 g/mol. The molecule has 0 radical (unpaired) electrons. The Morgan fingerprint density at radius 3 is 2.53 bits per heavy atom. The van der Waals surface area contributed by atoms with Gasteiger partial charge in [0, 0.05) is 25.3 Å². The van der Waals surface area contributed by atoms with Gasteiger partial charge in [-0.15, -0.1) is 0 Å². The number of likely N-dealkylation sites (tertiary alicyclic amines) is 1. The smallest absolute Gasteiger partial charge is 0.265 e. The van der Waals surface area contributed by atoms with Crippen LogP contribution in [-0.4, -0.2) is 55.0 Å². The van der Waals surface area contributed by atoms with Gasteiger partial charge in [0.25, 0.3) is 5.91 Å². The molecule has 0 unspecified atom stereocenters. The van der Waals surface area contributed by atoms with Gasteiger partial charge in [-0.3, -0.25) is 4.79 Å². The molecule has 2 aliphatic rings. The standard InChI is InChI=1S/C14H22N4O/c1-17-7-5-13(6-8-17)18(2)14(19)11(9-15)10-16-12-3-4-12/h10,12-13,16H,3-8H2,1-2H3/b11-10-. The Hall–Kier alpha value is -1.54. The van der Waals surface area contributed by atoms with Crippen LogP contribution < -0.4 is 5.32 Å². The molecule has 1 aliphatic heterocycles. The first kappa shape index (κ1) is 13.9. The van der Waals surface area contributed by atoms with E-state index in [1.807, 2.05) is 6.07 Å². The van der Waals surface area contributed by atoms with Gasteiger partial charge in [-0.05, 0) is 45.8 Å². The first-order valence-electron chi connectivity index (χ1n) is 6.94. The molecule has 0 bridgehead atoms. The predicted octanol–water partition coefficient (Wildman–Crippen LogP) is 0.698. The van der Waals surface area contributed by atoms with E-state index in [2.05, 4.69) is 17.3 Å². The Bertz CT molecular complexity index is 400. The molecule has 1 heterocycles. The Morgan fingerprint density at radius 2 is 2.00 bits per heavy atom. The zero-order valence-corrected chi connectivity index (χ0v) is 11.7. The van der Waals surface area contributed by atoms with Crippen molar-refractivity contribution in [1.29, 1.82) is 5.26 Å². The number of carbonyl (C=O) groups is 1. The lowest BCUT2D eigenvalue weighted by molar-refractivity contribution is -0.128. The number of likely N-dealkylation sites (N-methyl/N-ethyl adjacent to an activating group) is 1. The zero-order chi connectivity index (χ0) is 13.8. The molecule has 19 heavy (non-hydrogen) atoms. The molecule has 104 valence electrons. The van der Waals surface area contributed by atoms with Gasteiger partial charge >= 0.3 is 0 Å². The summed E-state index contributed by atoms with van der Waals surface area (Å²) in [5, 5.41) is 12.2. The van der Waals surface area contributed by atoms with Crippen molar-refractivity contribution in [3.05, 3.63) is 11.8 Å². The molecule has 1 saturated carbocycles. The quantitative estimate of drug-likeness (QED) is 0.598. The van der Waals surface area contributed by atoms with Crippen molar-refractivity contribution in [3.8, 4) is 6.07 Å². The fraction of sp³-hybridized carbons (Fsp3) is 0.714. The van der Waals surface area contributed by atoms with Crippen LogP contribution in [0, 0.1) is 11.3 Å². The van der Waals surface area contributed by atoms with Crippen molar-refractivity contribution < 1.29 is 4.79 Å². The zero-order valence-electron chi connectivity index (χ0n) is 11.7. The van der Waals surface area contributed by atoms with Crippen LogP contribution in [0.25, 0.3) is 0 Å². The fourth-order valence-electron chi connectivity index (χ4n) is 2.33. The van der Waals surface area contributed by atoms with Crippen molar-refractivity contribution in [2.24, 2.45) is 0 Å². The first-order valence-corrected chi connectivity index (χ1v) is 6.94. The first-order chi connectivity index (χ1) is 9.11. The normalized spacial score (nSPS) is 21.8. The molecule has 0 aromatic rings. The van der Waals surface area contributed by atoms with E-state index in [1.165, 1.54) is 0 Å². The highest BCUT2D eigenvalue weighted by Crippen LogP contribution is 2.19. The summed E-state index contributed by atoms with van der Waals surface area (Å²) in [5.74, 6) is -0.162. The number of nitriles is 1. The number of hydrogen-bond donors (Lipinski definition) is 1. The Kier molecular flexibility index (Phi) is 4.43. The van der Waals surface area contributed by atoms with Gasteiger partial charge < -0.3 is 15.1 Å². The van der Waals surface area contributed by atoms with Crippen LogP contribution in [0.3, 0.4) is 0 Å². The summed E-state index contributed by atoms with van der Waals surface area (Å²) in [4.78, 5) is 16.3. The van der Waals surface area contributed by atoms with Crippen molar-refractivity contribution in [1.82, 2.24) is 15.1 Å². The molecule has 1 amide bonds. The van der Waals surface area contributed by atoms with E-state index in [0.717, 1.165) is 38.8 Å². The number of amides is 1. The molecule has 0 atom stereocenters. The van der Waals surface area contributed by atoms with E-state index < -0.39 is 0 Å². The number of nitrogens with zero attached hydrogens (tertiary/aromatic N) is 3. The predicted molar refractivity (Wildman–Crippen MR) is 73.1 cm³/mol. The third-order valence-electron chi connectivity index (χ3n) is 3.95. The van der Waals surface area contributed by atoms with E-state index in [-0.39, 0.29) is 17.5 Å². The maximum absolute atomic E-state index is 12.3. The molecule has 1 N–H and O–H groups in total. The van der Waals surface area contributed by atoms with Crippen molar-refractivity contribution >= 4 is 5.91 Å². The maximum Gasteiger partial charge on any atom is 0.265 e. The molecular formula is C14H22N4O. The topological polar surface area (TPSA) is 59.4 Å². The number of rotatable bonds is 4. The summed E-state index contributed by atoms with van der Waals surface area (Å²) in [5.41, 5.74) is 0.216. The lowest BCUT2D eigenvalue weighted by Gasteiger charge is -2.34. The highest BCUT2D eigenvalue weighted by Gasteiger charge is 2.26. The van der Waals surface area contributed by atoms with Crippen molar-refractivity contribution in [2.75, 3.05) is 27.2 Å². The second-order valence-electron chi connectivity index (χ2n) is 5.56. The van der Waals surface area contributed by atoms with E-state index >= 15 is 0 Å². The van der Waals surface area contributed by atoms with Gasteiger partial charge in [-0.25, -0.2) is 0 Å². The van der Waals surface area contributed by atoms with E-state index in [0.29, 0.717) is 6.04 Å². The number of nitrogens with one attached hydrogen (secondary N) is 1. The summed E-state index contributed by atoms with van der Waals surface area (Å²) < 4.78 is 0. The SMILES string of the molecule is CN1CCC(N(C)C(=O)/C(C#N)=C\NC2CC2)CC1. The van der Waals surface area contributed by atoms with E-state index in [1.54, 1.807) is 18.1 Å². The van der Waals surface area contributed by atoms with Crippen LogP contribution in [0.5, 0.6) is 0 Å². The summed E-state index contributed by atoms with van der Waals surface area (Å²) in [6.45, 7) is 2.02. The second kappa shape index (κ2) is 6.07.